The van der Waals surface area contributed by atoms with Gasteiger partial charge in [0.15, 0.2) is 0 Å². The van der Waals surface area contributed by atoms with Crippen molar-refractivity contribution < 1.29 is 27.5 Å². The number of hydrogen-bond acceptors (Lipinski definition) is 4. The number of alkyl halides is 3. The highest BCUT2D eigenvalue weighted by atomic mass is 35.5. The Morgan fingerprint density at radius 1 is 1.06 bits per heavy atom. The lowest BCUT2D eigenvalue weighted by molar-refractivity contribution is -0.274. The second-order valence-corrected chi connectivity index (χ2v) is 8.09. The Morgan fingerprint density at radius 3 is 2.44 bits per heavy atom. The molecule has 1 saturated carbocycles. The van der Waals surface area contributed by atoms with Gasteiger partial charge in [-0.25, -0.2) is 9.69 Å². The van der Waals surface area contributed by atoms with Crippen molar-refractivity contribution in [3.63, 3.8) is 0 Å². The maximum absolute atomic E-state index is 13.3. The molecule has 2 heterocycles. The molecule has 0 bridgehead atoms. The summed E-state index contributed by atoms with van der Waals surface area (Å²) in [7, 11) is 0. The van der Waals surface area contributed by atoms with Crippen molar-refractivity contribution in [3.8, 4) is 5.75 Å². The predicted molar refractivity (Wildman–Crippen MR) is 110 cm³/mol. The number of fused-ring (bicyclic) bond motifs is 1. The van der Waals surface area contributed by atoms with Crippen LogP contribution in [0.2, 0.25) is 5.02 Å². The molecule has 5 rings (SSSR count). The largest absolute Gasteiger partial charge is 0.573 e. The number of rotatable bonds is 4. The number of carbonyl (C=O) groups is 2. The van der Waals surface area contributed by atoms with Gasteiger partial charge in [-0.3, -0.25) is 9.78 Å². The highest BCUT2D eigenvalue weighted by molar-refractivity contribution is 6.35. The third kappa shape index (κ3) is 3.33. The minimum absolute atomic E-state index is 0.152. The van der Waals surface area contributed by atoms with Crippen LogP contribution in [0.4, 0.5) is 23.7 Å². The fraction of sp³-hybridized carbons (Fsp3) is 0.227. The van der Waals surface area contributed by atoms with Crippen LogP contribution in [-0.4, -0.2) is 33.7 Å². The average Bonchev–Trinajstić information content (AvgIpc) is 3.51. The SMILES string of the molecule is O=C1N(c2ccc(OC(F)(F)F)cc2)C(=O)C2(CC2)N1Cc1ccnc2cccc(Cl)c12. The number of halogens is 4. The molecule has 0 unspecified atom stereocenters. The zero-order chi connectivity index (χ0) is 22.7. The molecule has 32 heavy (non-hydrogen) atoms. The van der Waals surface area contributed by atoms with Crippen LogP contribution in [0.25, 0.3) is 10.9 Å². The number of anilines is 1. The Morgan fingerprint density at radius 2 is 1.78 bits per heavy atom. The van der Waals surface area contributed by atoms with E-state index in [1.165, 1.54) is 17.0 Å². The average molecular weight is 462 g/mol. The van der Waals surface area contributed by atoms with Crippen molar-refractivity contribution in [1.29, 1.82) is 0 Å². The number of carbonyl (C=O) groups excluding carboxylic acids is 2. The summed E-state index contributed by atoms with van der Waals surface area (Å²) in [5, 5.41) is 1.20. The first-order valence-electron chi connectivity index (χ1n) is 9.74. The second-order valence-electron chi connectivity index (χ2n) is 7.69. The van der Waals surface area contributed by atoms with Crippen molar-refractivity contribution in [3.05, 3.63) is 65.3 Å². The molecule has 0 radical (unpaired) electrons. The molecule has 1 aliphatic heterocycles. The van der Waals surface area contributed by atoms with E-state index < -0.39 is 29.6 Å². The Balaban J connectivity index is 1.47. The highest BCUT2D eigenvalue weighted by Crippen LogP contribution is 2.50. The lowest BCUT2D eigenvalue weighted by atomic mass is 10.1. The molecule has 1 aromatic heterocycles. The van der Waals surface area contributed by atoms with Gasteiger partial charge in [0.05, 0.1) is 16.2 Å². The van der Waals surface area contributed by atoms with Gasteiger partial charge in [-0.1, -0.05) is 17.7 Å². The molecule has 6 nitrogen and oxygen atoms in total. The summed E-state index contributed by atoms with van der Waals surface area (Å²) >= 11 is 6.37. The zero-order valence-electron chi connectivity index (χ0n) is 16.4. The lowest BCUT2D eigenvalue weighted by Crippen LogP contribution is -2.36. The quantitative estimate of drug-likeness (QED) is 0.495. The highest BCUT2D eigenvalue weighted by Gasteiger charge is 2.65. The number of aromatic nitrogens is 1. The van der Waals surface area contributed by atoms with E-state index in [1.807, 2.05) is 6.07 Å². The lowest BCUT2D eigenvalue weighted by Gasteiger charge is -2.22. The van der Waals surface area contributed by atoms with Gasteiger partial charge >= 0.3 is 12.4 Å². The first-order chi connectivity index (χ1) is 15.2. The van der Waals surface area contributed by atoms with Gasteiger partial charge in [-0.15, -0.1) is 13.2 Å². The Labute approximate surface area is 185 Å². The minimum atomic E-state index is -4.83. The summed E-state index contributed by atoms with van der Waals surface area (Å²) in [5.41, 5.74) is 0.661. The number of urea groups is 1. The maximum Gasteiger partial charge on any atom is 0.573 e. The van der Waals surface area contributed by atoms with Crippen LogP contribution in [-0.2, 0) is 11.3 Å². The number of ether oxygens (including phenoxy) is 1. The fourth-order valence-corrected chi connectivity index (χ4v) is 4.38. The number of pyridine rings is 1. The van der Waals surface area contributed by atoms with Crippen molar-refractivity contribution in [2.45, 2.75) is 31.3 Å². The molecule has 3 aromatic rings. The molecule has 0 N–H and O–H groups in total. The Hall–Kier alpha value is -3.33. The van der Waals surface area contributed by atoms with Crippen LogP contribution >= 0.6 is 11.6 Å². The molecule has 1 spiro atoms. The van der Waals surface area contributed by atoms with Crippen LogP contribution in [0, 0.1) is 0 Å². The zero-order valence-corrected chi connectivity index (χ0v) is 17.2. The molecule has 164 valence electrons. The molecular formula is C22H15ClF3N3O3. The minimum Gasteiger partial charge on any atom is -0.406 e. The van der Waals surface area contributed by atoms with E-state index in [0.717, 1.165) is 22.6 Å². The topological polar surface area (TPSA) is 62.7 Å². The van der Waals surface area contributed by atoms with Gasteiger partial charge in [0.2, 0.25) is 0 Å². The molecule has 2 aliphatic rings. The molecule has 10 heteroatoms. The summed E-state index contributed by atoms with van der Waals surface area (Å²) in [6, 6.07) is 11.2. The number of imide groups is 1. The molecule has 1 saturated heterocycles. The number of benzene rings is 2. The Kier molecular flexibility index (Phi) is 4.56. The van der Waals surface area contributed by atoms with Crippen LogP contribution in [0.15, 0.2) is 54.7 Å². The third-order valence-electron chi connectivity index (χ3n) is 5.72. The summed E-state index contributed by atoms with van der Waals surface area (Å²) in [6.45, 7) is 0.152. The fourth-order valence-electron chi connectivity index (χ4n) is 4.09. The van der Waals surface area contributed by atoms with Crippen LogP contribution in [0.1, 0.15) is 18.4 Å². The summed E-state index contributed by atoms with van der Waals surface area (Å²) < 4.78 is 41.1. The second kappa shape index (κ2) is 7.09. The van der Waals surface area contributed by atoms with E-state index in [4.69, 9.17) is 11.6 Å². The van der Waals surface area contributed by atoms with E-state index >= 15 is 0 Å². The van der Waals surface area contributed by atoms with Crippen LogP contribution in [0.3, 0.4) is 0 Å². The van der Waals surface area contributed by atoms with E-state index in [2.05, 4.69) is 9.72 Å². The summed E-state index contributed by atoms with van der Waals surface area (Å²) in [6.07, 6.45) is -2.18. The molecule has 1 aliphatic carbocycles. The maximum atomic E-state index is 13.3. The normalized spacial score (nSPS) is 17.5. The monoisotopic (exact) mass is 461 g/mol. The van der Waals surface area contributed by atoms with E-state index in [9.17, 15) is 22.8 Å². The standard InChI is InChI=1S/C22H15ClF3N3O3/c23-16-2-1-3-17-18(16)13(8-11-27-17)12-28-20(31)29(19(30)21(28)9-10-21)14-4-6-15(7-5-14)32-22(24,25)26/h1-8,11H,9-10,12H2. The smallest absolute Gasteiger partial charge is 0.406 e. The third-order valence-corrected chi connectivity index (χ3v) is 6.04. The Bertz CT molecular complexity index is 1240. The van der Waals surface area contributed by atoms with Gasteiger partial charge in [0.25, 0.3) is 5.91 Å². The van der Waals surface area contributed by atoms with E-state index in [1.54, 1.807) is 24.4 Å². The number of amides is 3. The van der Waals surface area contributed by atoms with Crippen molar-refractivity contribution in [1.82, 2.24) is 9.88 Å². The first-order valence-corrected chi connectivity index (χ1v) is 10.1. The molecule has 3 amide bonds. The van der Waals surface area contributed by atoms with Crippen molar-refractivity contribution >= 4 is 40.1 Å². The van der Waals surface area contributed by atoms with Crippen molar-refractivity contribution in [2.24, 2.45) is 0 Å². The summed E-state index contributed by atoms with van der Waals surface area (Å²) in [5.74, 6) is -0.826. The van der Waals surface area contributed by atoms with Gasteiger partial charge in [-0.05, 0) is 60.9 Å². The number of hydrogen-bond donors (Lipinski definition) is 0. The van der Waals surface area contributed by atoms with E-state index in [-0.39, 0.29) is 12.2 Å². The molecule has 2 aromatic carbocycles. The van der Waals surface area contributed by atoms with Crippen LogP contribution < -0.4 is 9.64 Å². The van der Waals surface area contributed by atoms with Gasteiger partial charge in [0, 0.05) is 18.1 Å². The van der Waals surface area contributed by atoms with Crippen LogP contribution in [0.5, 0.6) is 5.75 Å². The molecular weight excluding hydrogens is 447 g/mol. The number of nitrogens with zero attached hydrogens (tertiary/aromatic N) is 3. The summed E-state index contributed by atoms with van der Waals surface area (Å²) in [4.78, 5) is 33.3. The van der Waals surface area contributed by atoms with Gasteiger partial charge in [-0.2, -0.15) is 0 Å². The van der Waals surface area contributed by atoms with Crippen molar-refractivity contribution in [2.75, 3.05) is 4.90 Å². The van der Waals surface area contributed by atoms with Gasteiger partial charge in [0.1, 0.15) is 11.3 Å². The predicted octanol–water partition coefficient (Wildman–Crippen LogP) is 5.29. The molecule has 0 atom stereocenters. The van der Waals surface area contributed by atoms with E-state index in [0.29, 0.717) is 28.8 Å². The van der Waals surface area contributed by atoms with Gasteiger partial charge < -0.3 is 9.64 Å². The molecule has 2 fully saturated rings. The first kappa shape index (κ1) is 20.6.